The zero-order valence-electron chi connectivity index (χ0n) is 17.9. The van der Waals surface area contributed by atoms with Crippen LogP contribution in [0, 0.1) is 5.92 Å². The van der Waals surface area contributed by atoms with Crippen LogP contribution < -0.4 is 10.9 Å². The van der Waals surface area contributed by atoms with E-state index in [-0.39, 0.29) is 29.5 Å². The van der Waals surface area contributed by atoms with Crippen LogP contribution in [0.4, 0.5) is 0 Å². The second kappa shape index (κ2) is 8.18. The summed E-state index contributed by atoms with van der Waals surface area (Å²) in [6.07, 6.45) is 6.24. The van der Waals surface area contributed by atoms with Gasteiger partial charge in [-0.3, -0.25) is 19.0 Å². The number of fused-ring (bicyclic) bond motifs is 1. The van der Waals surface area contributed by atoms with Crippen LogP contribution in [0.5, 0.6) is 5.88 Å². The van der Waals surface area contributed by atoms with E-state index in [9.17, 15) is 19.5 Å². The van der Waals surface area contributed by atoms with E-state index in [2.05, 4.69) is 10.4 Å². The predicted octanol–water partition coefficient (Wildman–Crippen LogP) is 0.620. The number of methoxy groups -OCH3 is 1. The average molecular weight is 429 g/mol. The fourth-order valence-electron chi connectivity index (χ4n) is 3.58. The molecular formula is C21H27N5O5. The number of likely N-dealkylation sites (tertiary alicyclic amines) is 1. The summed E-state index contributed by atoms with van der Waals surface area (Å²) in [5.41, 5.74) is -0.0640. The molecule has 0 aromatic carbocycles. The number of aromatic nitrogens is 3. The smallest absolute Gasteiger partial charge is 0.270 e. The van der Waals surface area contributed by atoms with Crippen molar-refractivity contribution in [2.24, 2.45) is 5.92 Å². The topological polar surface area (TPSA) is 118 Å². The summed E-state index contributed by atoms with van der Waals surface area (Å²) in [6, 6.07) is 0.0434. The molecule has 1 saturated carbocycles. The van der Waals surface area contributed by atoms with Crippen molar-refractivity contribution in [2.45, 2.75) is 45.4 Å². The summed E-state index contributed by atoms with van der Waals surface area (Å²) < 4.78 is 7.80. The van der Waals surface area contributed by atoms with E-state index >= 15 is 0 Å². The Labute approximate surface area is 179 Å². The minimum absolute atomic E-state index is 0.0434. The summed E-state index contributed by atoms with van der Waals surface area (Å²) in [6.45, 7) is 5.30. The molecule has 2 amide bonds. The van der Waals surface area contributed by atoms with Gasteiger partial charge in [-0.2, -0.15) is 9.61 Å². The third-order valence-corrected chi connectivity index (χ3v) is 5.50. The first-order chi connectivity index (χ1) is 14.8. The molecule has 3 heterocycles. The monoisotopic (exact) mass is 429 g/mol. The number of nitrogens with one attached hydrogen (secondary N) is 1. The molecule has 0 unspecified atom stereocenters. The van der Waals surface area contributed by atoms with Gasteiger partial charge in [-0.25, -0.2) is 0 Å². The van der Waals surface area contributed by atoms with Crippen LogP contribution >= 0.6 is 0 Å². The largest absolute Gasteiger partial charge is 0.492 e. The van der Waals surface area contributed by atoms with Gasteiger partial charge in [0.1, 0.15) is 5.65 Å². The molecule has 10 nitrogen and oxygen atoms in total. The lowest BCUT2D eigenvalue weighted by atomic mass is 10.1. The number of carbonyl (C=O) groups is 2. The van der Waals surface area contributed by atoms with Crippen molar-refractivity contribution in [3.05, 3.63) is 33.8 Å². The number of hydrogen-bond acceptors (Lipinski definition) is 6. The van der Waals surface area contributed by atoms with Crippen LogP contribution in [0.1, 0.15) is 42.6 Å². The Morgan fingerprint density at radius 2 is 2.06 bits per heavy atom. The number of hydrogen-bond donors (Lipinski definition) is 2. The van der Waals surface area contributed by atoms with E-state index in [4.69, 9.17) is 4.74 Å². The summed E-state index contributed by atoms with van der Waals surface area (Å²) in [7, 11) is 1.61. The third kappa shape index (κ3) is 4.07. The Morgan fingerprint density at radius 1 is 1.35 bits per heavy atom. The minimum Gasteiger partial charge on any atom is -0.492 e. The van der Waals surface area contributed by atoms with Crippen LogP contribution in [-0.2, 0) is 16.1 Å². The van der Waals surface area contributed by atoms with E-state index in [1.54, 1.807) is 18.1 Å². The molecule has 10 heteroatoms. The molecular weight excluding hydrogens is 402 g/mol. The van der Waals surface area contributed by atoms with Crippen molar-refractivity contribution in [3.8, 4) is 5.88 Å². The fourth-order valence-corrected chi connectivity index (χ4v) is 3.58. The predicted molar refractivity (Wildman–Crippen MR) is 113 cm³/mol. The molecule has 2 N–H and O–H groups in total. The van der Waals surface area contributed by atoms with Gasteiger partial charge in [-0.15, -0.1) is 0 Å². The molecule has 0 radical (unpaired) electrons. The Bertz CT molecular complexity index is 1110. The molecule has 0 atom stereocenters. The van der Waals surface area contributed by atoms with Gasteiger partial charge < -0.3 is 20.1 Å². The molecule has 166 valence electrons. The van der Waals surface area contributed by atoms with Crippen molar-refractivity contribution < 1.29 is 19.4 Å². The second-order valence-electron chi connectivity index (χ2n) is 8.53. The summed E-state index contributed by atoms with van der Waals surface area (Å²) in [4.78, 5) is 39.8. The maximum absolute atomic E-state index is 13.2. The maximum Gasteiger partial charge on any atom is 0.270 e. The van der Waals surface area contributed by atoms with Crippen LogP contribution in [0.25, 0.3) is 11.7 Å². The molecule has 2 aromatic rings. The third-order valence-electron chi connectivity index (χ3n) is 5.50. The molecule has 0 bridgehead atoms. The van der Waals surface area contributed by atoms with Crippen molar-refractivity contribution in [1.29, 1.82) is 0 Å². The van der Waals surface area contributed by atoms with Crippen LogP contribution in [-0.4, -0.2) is 68.3 Å². The number of nitrogens with zero attached hydrogens (tertiary/aromatic N) is 4. The van der Waals surface area contributed by atoms with E-state index in [0.29, 0.717) is 30.8 Å². The van der Waals surface area contributed by atoms with E-state index < -0.39 is 17.3 Å². The van der Waals surface area contributed by atoms with Crippen molar-refractivity contribution >= 4 is 23.5 Å². The Balaban J connectivity index is 1.72. The van der Waals surface area contributed by atoms with Crippen molar-refractivity contribution in [3.63, 3.8) is 0 Å². The van der Waals surface area contributed by atoms with Gasteiger partial charge in [0.25, 0.3) is 11.5 Å². The first kappa shape index (κ1) is 21.1. The van der Waals surface area contributed by atoms with Gasteiger partial charge in [-0.1, -0.05) is 13.8 Å². The Hall–Kier alpha value is -3.14. The van der Waals surface area contributed by atoms with Gasteiger partial charge in [0.05, 0.1) is 12.3 Å². The number of amides is 2. The van der Waals surface area contributed by atoms with E-state index in [0.717, 1.165) is 12.8 Å². The van der Waals surface area contributed by atoms with Crippen LogP contribution in [0.2, 0.25) is 0 Å². The lowest BCUT2D eigenvalue weighted by molar-refractivity contribution is -0.137. The van der Waals surface area contributed by atoms with Gasteiger partial charge in [0.15, 0.2) is 5.56 Å². The summed E-state index contributed by atoms with van der Waals surface area (Å²) in [5.74, 6) is -1.17. The maximum atomic E-state index is 13.2. The highest BCUT2D eigenvalue weighted by Crippen LogP contribution is 2.23. The molecule has 2 fully saturated rings. The van der Waals surface area contributed by atoms with Gasteiger partial charge in [0.2, 0.25) is 11.8 Å². The quantitative estimate of drug-likeness (QED) is 0.623. The zero-order valence-corrected chi connectivity index (χ0v) is 17.9. The second-order valence-corrected chi connectivity index (χ2v) is 8.53. The average Bonchev–Trinajstić information content (AvgIpc) is 3.38. The normalized spacial score (nSPS) is 17.0. The molecule has 0 spiro atoms. The SMILES string of the molecule is COC1CN(C(=O)C=Cc2cnn3c(O)c(C(=O)NC4CC4)c(=O)n(CC(C)C)c23)C1. The lowest BCUT2D eigenvalue weighted by Gasteiger charge is -2.37. The minimum atomic E-state index is -0.599. The molecule has 2 aliphatic rings. The van der Waals surface area contributed by atoms with Crippen molar-refractivity contribution in [1.82, 2.24) is 24.4 Å². The highest BCUT2D eigenvalue weighted by Gasteiger charge is 2.31. The number of carbonyl (C=O) groups excluding carboxylic acids is 2. The summed E-state index contributed by atoms with van der Waals surface area (Å²) >= 11 is 0. The highest BCUT2D eigenvalue weighted by atomic mass is 16.5. The van der Waals surface area contributed by atoms with Gasteiger partial charge in [-0.05, 0) is 24.8 Å². The number of aromatic hydroxyl groups is 1. The van der Waals surface area contributed by atoms with E-state index in [1.165, 1.54) is 21.4 Å². The first-order valence-electron chi connectivity index (χ1n) is 10.4. The van der Waals surface area contributed by atoms with Gasteiger partial charge in [0, 0.05) is 44.4 Å². The Morgan fingerprint density at radius 3 is 2.68 bits per heavy atom. The molecule has 1 aliphatic carbocycles. The molecule has 31 heavy (non-hydrogen) atoms. The molecule has 1 saturated heterocycles. The Kier molecular flexibility index (Phi) is 5.57. The van der Waals surface area contributed by atoms with Gasteiger partial charge >= 0.3 is 0 Å². The fraction of sp³-hybridized carbons (Fsp3) is 0.524. The standard InChI is InChI=1S/C21H27N5O5/c1-12(2)9-25-19-13(4-7-16(27)24-10-15(11-24)31-3)8-22-26(19)21(30)17(20(25)29)18(28)23-14-5-6-14/h4,7-8,12,14-15,30H,5-6,9-11H2,1-3H3,(H,23,28). The van der Waals surface area contributed by atoms with Crippen molar-refractivity contribution in [2.75, 3.05) is 20.2 Å². The van der Waals surface area contributed by atoms with Crippen LogP contribution in [0.15, 0.2) is 17.1 Å². The summed E-state index contributed by atoms with van der Waals surface area (Å²) in [5, 5.41) is 17.6. The number of ether oxygens (including phenoxy) is 1. The number of rotatable bonds is 7. The zero-order chi connectivity index (χ0) is 22.3. The highest BCUT2D eigenvalue weighted by molar-refractivity contribution is 5.97. The molecule has 1 aliphatic heterocycles. The molecule has 4 rings (SSSR count). The first-order valence-corrected chi connectivity index (χ1v) is 10.4. The lowest BCUT2D eigenvalue weighted by Crippen LogP contribution is -2.53. The molecule has 2 aromatic heterocycles. The van der Waals surface area contributed by atoms with E-state index in [1.807, 2.05) is 13.8 Å². The van der Waals surface area contributed by atoms with Crippen LogP contribution in [0.3, 0.4) is 0 Å².